The number of nitrogens with one attached hydrogen (secondary N) is 1. The first kappa shape index (κ1) is 15.0. The van der Waals surface area contributed by atoms with Crippen LogP contribution >= 0.6 is 11.3 Å². The standard InChI is InChI=1S/C14H14N2O4S/c1-10(13-3-2-8-21-13)15-14(17)9-20-12-6-4-11(5-7-12)16(18)19/h2-8,10H,9H2,1H3,(H,15,17)/t10-/m1/s1. The van der Waals surface area contributed by atoms with Crippen molar-refractivity contribution < 1.29 is 14.5 Å². The number of non-ortho nitro benzene ring substituents is 1. The first-order valence-corrected chi connectivity index (χ1v) is 7.14. The molecule has 6 nitrogen and oxygen atoms in total. The Labute approximate surface area is 125 Å². The normalized spacial score (nSPS) is 11.7. The van der Waals surface area contributed by atoms with Crippen LogP contribution in [0.1, 0.15) is 17.8 Å². The summed E-state index contributed by atoms with van der Waals surface area (Å²) in [4.78, 5) is 22.9. The maximum absolute atomic E-state index is 11.8. The van der Waals surface area contributed by atoms with Crippen molar-refractivity contribution in [3.05, 3.63) is 56.8 Å². The lowest BCUT2D eigenvalue weighted by molar-refractivity contribution is -0.384. The second-order valence-corrected chi connectivity index (χ2v) is 5.32. The summed E-state index contributed by atoms with van der Waals surface area (Å²) in [5, 5.41) is 15.3. The summed E-state index contributed by atoms with van der Waals surface area (Å²) in [7, 11) is 0. The summed E-state index contributed by atoms with van der Waals surface area (Å²) in [6.07, 6.45) is 0. The SMILES string of the molecule is C[C@@H](NC(=O)COc1ccc([N+](=O)[O-])cc1)c1cccs1. The van der Waals surface area contributed by atoms with Gasteiger partial charge >= 0.3 is 0 Å². The fourth-order valence-corrected chi connectivity index (χ4v) is 2.44. The van der Waals surface area contributed by atoms with Crippen LogP contribution in [0.2, 0.25) is 0 Å². The van der Waals surface area contributed by atoms with Gasteiger partial charge in [-0.15, -0.1) is 11.3 Å². The van der Waals surface area contributed by atoms with Crippen LogP contribution in [0.25, 0.3) is 0 Å². The van der Waals surface area contributed by atoms with Crippen molar-refractivity contribution >= 4 is 22.9 Å². The van der Waals surface area contributed by atoms with E-state index in [1.807, 2.05) is 24.4 Å². The minimum atomic E-state index is -0.487. The van der Waals surface area contributed by atoms with Gasteiger partial charge in [0.1, 0.15) is 5.75 Å². The molecule has 0 radical (unpaired) electrons. The molecule has 1 amide bonds. The summed E-state index contributed by atoms with van der Waals surface area (Å²) in [5.74, 6) is 0.175. The minimum Gasteiger partial charge on any atom is -0.484 e. The molecule has 0 spiro atoms. The van der Waals surface area contributed by atoms with E-state index in [0.29, 0.717) is 5.75 Å². The lowest BCUT2D eigenvalue weighted by Gasteiger charge is -2.12. The fraction of sp³-hybridized carbons (Fsp3) is 0.214. The predicted octanol–water partition coefficient (Wildman–Crippen LogP) is 2.91. The average Bonchev–Trinajstić information content (AvgIpc) is 3.00. The van der Waals surface area contributed by atoms with E-state index in [1.165, 1.54) is 24.3 Å². The number of hydrogen-bond acceptors (Lipinski definition) is 5. The van der Waals surface area contributed by atoms with Crippen LogP contribution in [0.3, 0.4) is 0 Å². The second kappa shape index (κ2) is 6.85. The Balaban J connectivity index is 1.82. The number of amides is 1. The lowest BCUT2D eigenvalue weighted by Crippen LogP contribution is -2.30. The molecule has 1 heterocycles. The second-order valence-electron chi connectivity index (χ2n) is 4.34. The summed E-state index contributed by atoms with van der Waals surface area (Å²) in [5.41, 5.74) is -0.0156. The number of rotatable bonds is 6. The van der Waals surface area contributed by atoms with Gasteiger partial charge in [-0.1, -0.05) is 6.07 Å². The summed E-state index contributed by atoms with van der Waals surface area (Å²) in [6, 6.07) is 9.41. The van der Waals surface area contributed by atoms with Crippen molar-refractivity contribution in [2.24, 2.45) is 0 Å². The van der Waals surface area contributed by atoms with E-state index in [-0.39, 0.29) is 24.2 Å². The Morgan fingerprint density at radius 1 is 1.38 bits per heavy atom. The van der Waals surface area contributed by atoms with Gasteiger partial charge in [-0.2, -0.15) is 0 Å². The van der Waals surface area contributed by atoms with Crippen LogP contribution < -0.4 is 10.1 Å². The monoisotopic (exact) mass is 306 g/mol. The molecule has 1 atom stereocenters. The van der Waals surface area contributed by atoms with E-state index >= 15 is 0 Å². The van der Waals surface area contributed by atoms with Gasteiger partial charge in [-0.05, 0) is 30.5 Å². The molecule has 1 N–H and O–H groups in total. The number of nitrogens with zero attached hydrogens (tertiary/aromatic N) is 1. The molecule has 0 aliphatic heterocycles. The topological polar surface area (TPSA) is 81.5 Å². The van der Waals surface area contributed by atoms with Gasteiger partial charge in [0.15, 0.2) is 6.61 Å². The maximum Gasteiger partial charge on any atom is 0.269 e. The van der Waals surface area contributed by atoms with Gasteiger partial charge < -0.3 is 10.1 Å². The highest BCUT2D eigenvalue weighted by atomic mass is 32.1. The van der Waals surface area contributed by atoms with E-state index < -0.39 is 4.92 Å². The van der Waals surface area contributed by atoms with Gasteiger partial charge in [-0.25, -0.2) is 0 Å². The highest BCUT2D eigenvalue weighted by molar-refractivity contribution is 7.10. The molecule has 1 aromatic heterocycles. The molecule has 21 heavy (non-hydrogen) atoms. The Bertz CT molecular complexity index is 610. The van der Waals surface area contributed by atoms with Crippen LogP contribution in [0.15, 0.2) is 41.8 Å². The zero-order valence-corrected chi connectivity index (χ0v) is 12.1. The van der Waals surface area contributed by atoms with Crippen molar-refractivity contribution in [3.63, 3.8) is 0 Å². The third kappa shape index (κ3) is 4.28. The number of ether oxygens (including phenoxy) is 1. The molecule has 0 bridgehead atoms. The first-order valence-electron chi connectivity index (χ1n) is 6.26. The molecule has 0 saturated heterocycles. The van der Waals surface area contributed by atoms with Crippen molar-refractivity contribution in [2.45, 2.75) is 13.0 Å². The number of nitro benzene ring substituents is 1. The fourth-order valence-electron chi connectivity index (χ4n) is 1.70. The van der Waals surface area contributed by atoms with Gasteiger partial charge in [-0.3, -0.25) is 14.9 Å². The highest BCUT2D eigenvalue weighted by Gasteiger charge is 2.11. The smallest absolute Gasteiger partial charge is 0.269 e. The highest BCUT2D eigenvalue weighted by Crippen LogP contribution is 2.19. The Morgan fingerprint density at radius 3 is 2.67 bits per heavy atom. The van der Waals surface area contributed by atoms with Crippen LogP contribution in [0, 0.1) is 10.1 Å². The van der Waals surface area contributed by atoms with E-state index in [9.17, 15) is 14.9 Å². The zero-order valence-electron chi connectivity index (χ0n) is 11.3. The van der Waals surface area contributed by atoms with Crippen molar-refractivity contribution in [1.82, 2.24) is 5.32 Å². The van der Waals surface area contributed by atoms with Crippen LogP contribution in [-0.4, -0.2) is 17.4 Å². The van der Waals surface area contributed by atoms with Crippen molar-refractivity contribution in [2.75, 3.05) is 6.61 Å². The Hall–Kier alpha value is -2.41. The summed E-state index contributed by atoms with van der Waals surface area (Å²) in [6.45, 7) is 1.77. The van der Waals surface area contributed by atoms with E-state index in [2.05, 4.69) is 5.32 Å². The predicted molar refractivity (Wildman–Crippen MR) is 79.5 cm³/mol. The quantitative estimate of drug-likeness (QED) is 0.657. The number of carbonyl (C=O) groups excluding carboxylic acids is 1. The molecular weight excluding hydrogens is 292 g/mol. The number of hydrogen-bond donors (Lipinski definition) is 1. The van der Waals surface area contributed by atoms with Crippen molar-refractivity contribution in [3.8, 4) is 5.75 Å². The molecule has 0 aliphatic rings. The zero-order chi connectivity index (χ0) is 15.2. The molecule has 2 aromatic rings. The van der Waals surface area contributed by atoms with Gasteiger partial charge in [0, 0.05) is 17.0 Å². The van der Waals surface area contributed by atoms with E-state index in [1.54, 1.807) is 11.3 Å². The van der Waals surface area contributed by atoms with Gasteiger partial charge in [0.05, 0.1) is 11.0 Å². The van der Waals surface area contributed by atoms with Gasteiger partial charge in [0.2, 0.25) is 0 Å². The third-order valence-electron chi connectivity index (χ3n) is 2.76. The van der Waals surface area contributed by atoms with E-state index in [0.717, 1.165) is 4.88 Å². The van der Waals surface area contributed by atoms with E-state index in [4.69, 9.17) is 4.74 Å². The average molecular weight is 306 g/mol. The lowest BCUT2D eigenvalue weighted by atomic mass is 10.3. The summed E-state index contributed by atoms with van der Waals surface area (Å²) < 4.78 is 5.29. The Kier molecular flexibility index (Phi) is 4.89. The van der Waals surface area contributed by atoms with Crippen LogP contribution in [0.5, 0.6) is 5.75 Å². The third-order valence-corrected chi connectivity index (χ3v) is 3.82. The molecule has 7 heteroatoms. The summed E-state index contributed by atoms with van der Waals surface area (Å²) >= 11 is 1.57. The number of thiophene rings is 1. The minimum absolute atomic E-state index is 0.0156. The molecule has 0 aliphatic carbocycles. The maximum atomic E-state index is 11.8. The molecule has 0 fully saturated rings. The molecule has 0 unspecified atom stereocenters. The molecule has 110 valence electrons. The Morgan fingerprint density at radius 2 is 2.10 bits per heavy atom. The molecule has 1 aromatic carbocycles. The molecular formula is C14H14N2O4S. The number of nitro groups is 1. The largest absolute Gasteiger partial charge is 0.484 e. The molecule has 2 rings (SSSR count). The number of carbonyl (C=O) groups is 1. The molecule has 0 saturated carbocycles. The van der Waals surface area contributed by atoms with Crippen molar-refractivity contribution in [1.29, 1.82) is 0 Å². The van der Waals surface area contributed by atoms with Crippen LogP contribution in [-0.2, 0) is 4.79 Å². The van der Waals surface area contributed by atoms with Gasteiger partial charge in [0.25, 0.3) is 11.6 Å². The number of benzene rings is 1. The first-order chi connectivity index (χ1) is 10.1. The van der Waals surface area contributed by atoms with Crippen LogP contribution in [0.4, 0.5) is 5.69 Å².